The number of esters is 1. The van der Waals surface area contributed by atoms with E-state index in [1.165, 1.54) is 0 Å². The predicted molar refractivity (Wildman–Crippen MR) is 104 cm³/mol. The summed E-state index contributed by atoms with van der Waals surface area (Å²) in [6, 6.07) is 7.52. The van der Waals surface area contributed by atoms with E-state index in [0.717, 1.165) is 16.9 Å². The van der Waals surface area contributed by atoms with E-state index >= 15 is 0 Å². The van der Waals surface area contributed by atoms with Gasteiger partial charge in [-0.1, -0.05) is 43.7 Å². The summed E-state index contributed by atoms with van der Waals surface area (Å²) in [6.45, 7) is 3.56. The fourth-order valence-electron chi connectivity index (χ4n) is 2.47. The lowest BCUT2D eigenvalue weighted by Crippen LogP contribution is -2.50. The molecule has 1 aromatic carbocycles. The van der Waals surface area contributed by atoms with Crippen molar-refractivity contribution in [3.8, 4) is 0 Å². The van der Waals surface area contributed by atoms with Crippen molar-refractivity contribution in [3.63, 3.8) is 0 Å². The van der Waals surface area contributed by atoms with E-state index in [-0.39, 0.29) is 26.3 Å². The second-order valence-electron chi connectivity index (χ2n) is 6.27. The molecule has 0 unspecified atom stereocenters. The molecule has 0 aliphatic carbocycles. The van der Waals surface area contributed by atoms with Gasteiger partial charge in [-0.15, -0.1) is 0 Å². The lowest BCUT2D eigenvalue weighted by atomic mass is 10.1. The minimum Gasteiger partial charge on any atom is -0.481 e. The second kappa shape index (κ2) is 13.1. The minimum atomic E-state index is -1.38. The molecule has 160 valence electrons. The van der Waals surface area contributed by atoms with E-state index in [0.29, 0.717) is 6.42 Å². The van der Waals surface area contributed by atoms with E-state index in [2.05, 4.69) is 5.32 Å². The topological polar surface area (TPSA) is 122 Å². The van der Waals surface area contributed by atoms with Gasteiger partial charge in [0.15, 0.2) is 0 Å². The van der Waals surface area contributed by atoms with Crippen molar-refractivity contribution in [1.29, 1.82) is 0 Å². The Morgan fingerprint density at radius 3 is 2.38 bits per heavy atom. The zero-order valence-electron chi connectivity index (χ0n) is 16.8. The van der Waals surface area contributed by atoms with Crippen LogP contribution >= 0.6 is 0 Å². The number of carbonyl (C=O) groups is 4. The average Bonchev–Trinajstić information content (AvgIpc) is 2.67. The highest BCUT2D eigenvalue weighted by atomic mass is 16.5. The quantitative estimate of drug-likeness (QED) is 0.400. The van der Waals surface area contributed by atoms with Crippen molar-refractivity contribution < 1.29 is 33.8 Å². The van der Waals surface area contributed by atoms with E-state index in [9.17, 15) is 19.2 Å². The zero-order chi connectivity index (χ0) is 21.6. The largest absolute Gasteiger partial charge is 0.481 e. The number of carbonyl (C=O) groups excluding carboxylic acids is 3. The number of nitrogens with one attached hydrogen (secondary N) is 1. The number of hydrogen-bond acceptors (Lipinski definition) is 6. The Bertz CT molecular complexity index is 679. The van der Waals surface area contributed by atoms with Crippen molar-refractivity contribution in [1.82, 2.24) is 10.2 Å². The Labute approximate surface area is 170 Å². The Morgan fingerprint density at radius 2 is 1.79 bits per heavy atom. The molecule has 0 fully saturated rings. The first-order valence-electron chi connectivity index (χ1n) is 9.50. The Kier molecular flexibility index (Phi) is 10.8. The van der Waals surface area contributed by atoms with Crippen molar-refractivity contribution in [2.24, 2.45) is 0 Å². The summed E-state index contributed by atoms with van der Waals surface area (Å²) in [6.07, 6.45) is -0.0623. The van der Waals surface area contributed by atoms with Crippen LogP contribution in [0.1, 0.15) is 38.7 Å². The van der Waals surface area contributed by atoms with Gasteiger partial charge in [-0.2, -0.15) is 0 Å². The number of carboxylic acids is 1. The number of benzene rings is 1. The van der Waals surface area contributed by atoms with Gasteiger partial charge in [0.1, 0.15) is 12.6 Å². The van der Waals surface area contributed by atoms with Crippen LogP contribution in [0.4, 0.5) is 4.79 Å². The first kappa shape index (κ1) is 23.9. The third-order valence-corrected chi connectivity index (χ3v) is 3.85. The van der Waals surface area contributed by atoms with E-state index in [1.54, 1.807) is 31.2 Å². The van der Waals surface area contributed by atoms with Gasteiger partial charge in [0, 0.05) is 6.54 Å². The fraction of sp³-hybridized carbons (Fsp3) is 0.500. The summed E-state index contributed by atoms with van der Waals surface area (Å²) >= 11 is 0. The molecule has 1 rings (SSSR count). The molecule has 0 aliphatic rings. The highest BCUT2D eigenvalue weighted by molar-refractivity contribution is 5.91. The monoisotopic (exact) mass is 408 g/mol. The average molecular weight is 408 g/mol. The van der Waals surface area contributed by atoms with E-state index in [1.807, 2.05) is 13.0 Å². The third-order valence-electron chi connectivity index (χ3n) is 3.85. The molecule has 2 N–H and O–H groups in total. The molecule has 1 atom stereocenters. The van der Waals surface area contributed by atoms with Gasteiger partial charge in [-0.25, -0.2) is 4.79 Å². The number of aliphatic carboxylic acids is 1. The summed E-state index contributed by atoms with van der Waals surface area (Å²) in [5.41, 5.74) is 0.741. The summed E-state index contributed by atoms with van der Waals surface area (Å²) in [7, 11) is 0. The SMILES string of the molecule is CCCCOC(=O)N[C@@H](CC(=O)O)C(=O)N(CC(=O)OCC)Cc1ccccc1. The molecule has 1 aromatic rings. The Hall–Kier alpha value is -3.10. The van der Waals surface area contributed by atoms with Crippen LogP contribution in [0.5, 0.6) is 0 Å². The number of unbranched alkanes of at least 4 members (excludes halogenated alkanes) is 1. The normalized spacial score (nSPS) is 11.2. The van der Waals surface area contributed by atoms with Crippen LogP contribution in [-0.2, 0) is 30.4 Å². The summed E-state index contributed by atoms with van der Waals surface area (Å²) in [5.74, 6) is -2.61. The lowest BCUT2D eigenvalue weighted by molar-refractivity contribution is -0.150. The van der Waals surface area contributed by atoms with Crippen molar-refractivity contribution in [3.05, 3.63) is 35.9 Å². The standard InChI is InChI=1S/C20H28N2O7/c1-3-5-11-29-20(27)21-16(12-17(23)24)19(26)22(14-18(25)28-4-2)13-15-9-7-6-8-10-15/h6-10,16H,3-5,11-14H2,1-2H3,(H,21,27)(H,23,24)/t16-/m0/s1. The number of alkyl carbamates (subject to hydrolysis) is 1. The van der Waals surface area contributed by atoms with Crippen molar-refractivity contribution in [2.75, 3.05) is 19.8 Å². The highest BCUT2D eigenvalue weighted by Crippen LogP contribution is 2.09. The maximum absolute atomic E-state index is 13.0. The molecular formula is C20H28N2O7. The molecule has 0 aromatic heterocycles. The van der Waals surface area contributed by atoms with Crippen LogP contribution in [0.3, 0.4) is 0 Å². The van der Waals surface area contributed by atoms with Crippen LogP contribution in [0.25, 0.3) is 0 Å². The number of hydrogen-bond donors (Lipinski definition) is 2. The predicted octanol–water partition coefficient (Wildman–Crippen LogP) is 1.95. The summed E-state index contributed by atoms with van der Waals surface area (Å²) in [5, 5.41) is 11.4. The maximum Gasteiger partial charge on any atom is 0.407 e. The minimum absolute atomic E-state index is 0.0567. The molecule has 9 heteroatoms. The van der Waals surface area contributed by atoms with Gasteiger partial charge in [0.05, 0.1) is 19.6 Å². The van der Waals surface area contributed by atoms with Crippen LogP contribution in [0.2, 0.25) is 0 Å². The molecular weight excluding hydrogens is 380 g/mol. The van der Waals surface area contributed by atoms with Gasteiger partial charge in [-0.3, -0.25) is 14.4 Å². The molecule has 9 nitrogen and oxygen atoms in total. The molecule has 0 radical (unpaired) electrons. The first-order valence-corrected chi connectivity index (χ1v) is 9.50. The molecule has 29 heavy (non-hydrogen) atoms. The number of ether oxygens (including phenoxy) is 2. The van der Waals surface area contributed by atoms with E-state index in [4.69, 9.17) is 14.6 Å². The summed E-state index contributed by atoms with van der Waals surface area (Å²) < 4.78 is 9.86. The Morgan fingerprint density at radius 1 is 1.10 bits per heavy atom. The van der Waals surface area contributed by atoms with Crippen LogP contribution in [-0.4, -0.2) is 59.7 Å². The summed E-state index contributed by atoms with van der Waals surface area (Å²) in [4.78, 5) is 49.2. The third kappa shape index (κ3) is 9.59. The van der Waals surface area contributed by atoms with E-state index < -0.39 is 36.4 Å². The van der Waals surface area contributed by atoms with Crippen LogP contribution < -0.4 is 5.32 Å². The first-order chi connectivity index (χ1) is 13.9. The Balaban J connectivity index is 2.96. The van der Waals surface area contributed by atoms with Gasteiger partial charge >= 0.3 is 18.0 Å². The second-order valence-corrected chi connectivity index (χ2v) is 6.27. The fourth-order valence-corrected chi connectivity index (χ4v) is 2.47. The molecule has 0 heterocycles. The van der Waals surface area contributed by atoms with Gasteiger partial charge in [-0.05, 0) is 18.9 Å². The number of rotatable bonds is 12. The molecule has 0 saturated carbocycles. The molecule has 0 bridgehead atoms. The molecule has 0 aliphatic heterocycles. The number of amides is 2. The van der Waals surface area contributed by atoms with Gasteiger partial charge < -0.3 is 24.8 Å². The lowest BCUT2D eigenvalue weighted by Gasteiger charge is -2.26. The van der Waals surface area contributed by atoms with Crippen molar-refractivity contribution in [2.45, 2.75) is 45.7 Å². The van der Waals surface area contributed by atoms with Gasteiger partial charge in [0.2, 0.25) is 5.91 Å². The van der Waals surface area contributed by atoms with Gasteiger partial charge in [0.25, 0.3) is 0 Å². The molecule has 2 amide bonds. The molecule has 0 spiro atoms. The van der Waals surface area contributed by atoms with Crippen molar-refractivity contribution >= 4 is 23.9 Å². The van der Waals surface area contributed by atoms with Crippen LogP contribution in [0.15, 0.2) is 30.3 Å². The maximum atomic E-state index is 13.0. The molecule has 0 saturated heterocycles. The smallest absolute Gasteiger partial charge is 0.407 e. The highest BCUT2D eigenvalue weighted by Gasteiger charge is 2.30. The zero-order valence-corrected chi connectivity index (χ0v) is 16.8. The number of nitrogens with zero attached hydrogens (tertiary/aromatic N) is 1. The van der Waals surface area contributed by atoms with Crippen LogP contribution in [0, 0.1) is 0 Å². The number of carboxylic acid groups (broad SMARTS) is 1.